The Kier molecular flexibility index (Phi) is 5.50. The summed E-state index contributed by atoms with van der Waals surface area (Å²) in [4.78, 5) is 13.0. The van der Waals surface area contributed by atoms with Gasteiger partial charge in [-0.1, -0.05) is 6.92 Å². The van der Waals surface area contributed by atoms with Gasteiger partial charge in [0.2, 0.25) is 11.9 Å². The Balaban J connectivity index is 1.72. The summed E-state index contributed by atoms with van der Waals surface area (Å²) in [5.41, 5.74) is 0. The zero-order valence-electron chi connectivity index (χ0n) is 14.2. The van der Waals surface area contributed by atoms with E-state index in [1.165, 1.54) is 0 Å². The second kappa shape index (κ2) is 8.18. The Morgan fingerprint density at radius 3 is 1.96 bits per heavy atom. The van der Waals surface area contributed by atoms with Crippen molar-refractivity contribution in [2.45, 2.75) is 39.5 Å². The van der Waals surface area contributed by atoms with Crippen LogP contribution in [0.2, 0.25) is 0 Å². The summed E-state index contributed by atoms with van der Waals surface area (Å²) in [5, 5.41) is 6.23. The molecule has 0 amide bonds. The molecule has 0 spiro atoms. The maximum Gasteiger partial charge on any atom is 0.323 e. The second-order valence-electron chi connectivity index (χ2n) is 5.47. The van der Waals surface area contributed by atoms with Crippen molar-refractivity contribution in [3.8, 4) is 6.01 Å². The fourth-order valence-corrected chi connectivity index (χ4v) is 1.99. The molecule has 8 heteroatoms. The Labute approximate surface area is 145 Å². The highest BCUT2D eigenvalue weighted by Crippen LogP contribution is 2.15. The molecule has 8 nitrogen and oxygen atoms in total. The molecule has 1 unspecified atom stereocenters. The number of anilines is 2. The highest BCUT2D eigenvalue weighted by molar-refractivity contribution is 5.36. The average molecular weight is 343 g/mol. The molecular weight excluding hydrogens is 322 g/mol. The van der Waals surface area contributed by atoms with Gasteiger partial charge in [0.15, 0.2) is 0 Å². The quantitative estimate of drug-likeness (QED) is 0.609. The third-order valence-electron chi connectivity index (χ3n) is 3.50. The van der Waals surface area contributed by atoms with Crippen LogP contribution in [-0.2, 0) is 13.1 Å². The summed E-state index contributed by atoms with van der Waals surface area (Å²) in [6.07, 6.45) is 4.12. The second-order valence-corrected chi connectivity index (χ2v) is 5.47. The standard InChI is InChI=1S/C17H21N5O3/c1-3-12(2)25-17-21-15(18-10-13-6-4-8-23-13)20-16(22-17)19-11-14-7-5-9-24-14/h4-9,12H,3,10-11H2,1-2H3,(H2,18,19,20,21,22). The summed E-state index contributed by atoms with van der Waals surface area (Å²) >= 11 is 0. The lowest BCUT2D eigenvalue weighted by Crippen LogP contribution is -2.15. The van der Waals surface area contributed by atoms with Crippen LogP contribution in [0.5, 0.6) is 6.01 Å². The van der Waals surface area contributed by atoms with Crippen molar-refractivity contribution in [3.05, 3.63) is 48.3 Å². The van der Waals surface area contributed by atoms with E-state index in [4.69, 9.17) is 13.6 Å². The maximum atomic E-state index is 5.73. The fraction of sp³-hybridized carbons (Fsp3) is 0.353. The van der Waals surface area contributed by atoms with Gasteiger partial charge in [0, 0.05) is 0 Å². The summed E-state index contributed by atoms with van der Waals surface area (Å²) in [5.74, 6) is 2.39. The number of nitrogens with one attached hydrogen (secondary N) is 2. The van der Waals surface area contributed by atoms with Gasteiger partial charge in [0.25, 0.3) is 0 Å². The minimum Gasteiger partial charge on any atom is -0.467 e. The largest absolute Gasteiger partial charge is 0.467 e. The SMILES string of the molecule is CCC(C)Oc1nc(NCc2ccco2)nc(NCc2ccco2)n1. The van der Waals surface area contributed by atoms with Crippen LogP contribution in [0, 0.1) is 0 Å². The molecule has 0 aliphatic rings. The van der Waals surface area contributed by atoms with Crippen molar-refractivity contribution in [1.29, 1.82) is 0 Å². The Morgan fingerprint density at radius 2 is 1.52 bits per heavy atom. The van der Waals surface area contributed by atoms with E-state index in [1.807, 2.05) is 38.1 Å². The van der Waals surface area contributed by atoms with Gasteiger partial charge in [-0.3, -0.25) is 0 Å². The first-order valence-electron chi connectivity index (χ1n) is 8.18. The molecule has 0 fully saturated rings. The summed E-state index contributed by atoms with van der Waals surface area (Å²) in [7, 11) is 0. The molecule has 2 N–H and O–H groups in total. The van der Waals surface area contributed by atoms with E-state index in [0.29, 0.717) is 25.0 Å². The van der Waals surface area contributed by atoms with E-state index in [2.05, 4.69) is 25.6 Å². The predicted molar refractivity (Wildman–Crippen MR) is 92.3 cm³/mol. The number of hydrogen-bond donors (Lipinski definition) is 2. The van der Waals surface area contributed by atoms with Crippen LogP contribution in [0.4, 0.5) is 11.9 Å². The molecule has 0 radical (unpaired) electrons. The van der Waals surface area contributed by atoms with Crippen LogP contribution in [0.1, 0.15) is 31.8 Å². The Hall–Kier alpha value is -3.03. The van der Waals surface area contributed by atoms with Crippen LogP contribution in [0.25, 0.3) is 0 Å². The van der Waals surface area contributed by atoms with Crippen LogP contribution >= 0.6 is 0 Å². The van der Waals surface area contributed by atoms with E-state index in [1.54, 1.807) is 12.5 Å². The van der Waals surface area contributed by atoms with E-state index in [0.717, 1.165) is 17.9 Å². The van der Waals surface area contributed by atoms with Crippen molar-refractivity contribution in [2.75, 3.05) is 10.6 Å². The molecule has 0 aliphatic heterocycles. The molecule has 0 saturated carbocycles. The molecular formula is C17H21N5O3. The van der Waals surface area contributed by atoms with Crippen molar-refractivity contribution in [1.82, 2.24) is 15.0 Å². The van der Waals surface area contributed by atoms with Crippen LogP contribution < -0.4 is 15.4 Å². The van der Waals surface area contributed by atoms with E-state index in [9.17, 15) is 0 Å². The third kappa shape index (κ3) is 4.97. The first kappa shape index (κ1) is 16.8. The summed E-state index contributed by atoms with van der Waals surface area (Å²) in [6, 6.07) is 7.69. The smallest absolute Gasteiger partial charge is 0.323 e. The van der Waals surface area contributed by atoms with Crippen molar-refractivity contribution in [2.24, 2.45) is 0 Å². The molecule has 0 saturated heterocycles. The molecule has 3 aromatic heterocycles. The van der Waals surface area contributed by atoms with E-state index < -0.39 is 0 Å². The average Bonchev–Trinajstić information content (AvgIpc) is 3.31. The first-order valence-corrected chi connectivity index (χ1v) is 8.18. The number of ether oxygens (including phenoxy) is 1. The monoisotopic (exact) mass is 343 g/mol. The number of aromatic nitrogens is 3. The number of rotatable bonds is 9. The zero-order valence-corrected chi connectivity index (χ0v) is 14.2. The highest BCUT2D eigenvalue weighted by Gasteiger charge is 2.11. The molecule has 25 heavy (non-hydrogen) atoms. The van der Waals surface area contributed by atoms with Crippen LogP contribution in [-0.4, -0.2) is 21.1 Å². The first-order chi connectivity index (χ1) is 12.2. The van der Waals surface area contributed by atoms with E-state index >= 15 is 0 Å². The summed E-state index contributed by atoms with van der Waals surface area (Å²) < 4.78 is 16.3. The van der Waals surface area contributed by atoms with Crippen molar-refractivity contribution in [3.63, 3.8) is 0 Å². The normalized spacial score (nSPS) is 11.9. The Morgan fingerprint density at radius 1 is 0.960 bits per heavy atom. The molecule has 0 bridgehead atoms. The minimum atomic E-state index is 0.0123. The van der Waals surface area contributed by atoms with Crippen LogP contribution in [0.3, 0.4) is 0 Å². The minimum absolute atomic E-state index is 0.0123. The predicted octanol–water partition coefficient (Wildman–Crippen LogP) is 3.46. The van der Waals surface area contributed by atoms with Gasteiger partial charge in [-0.05, 0) is 37.6 Å². The lowest BCUT2D eigenvalue weighted by Gasteiger charge is -2.13. The topological polar surface area (TPSA) is 98.2 Å². The molecule has 3 aromatic rings. The maximum absolute atomic E-state index is 5.73. The van der Waals surface area contributed by atoms with Crippen molar-refractivity contribution >= 4 is 11.9 Å². The van der Waals surface area contributed by atoms with Gasteiger partial charge >= 0.3 is 6.01 Å². The molecule has 132 valence electrons. The Bertz CT molecular complexity index is 702. The number of furan rings is 2. The fourth-order valence-electron chi connectivity index (χ4n) is 1.99. The lowest BCUT2D eigenvalue weighted by molar-refractivity contribution is 0.199. The number of nitrogens with zero attached hydrogens (tertiary/aromatic N) is 3. The molecule has 1 atom stereocenters. The molecule has 0 aromatic carbocycles. The summed E-state index contributed by atoms with van der Waals surface area (Å²) in [6.45, 7) is 4.95. The van der Waals surface area contributed by atoms with Crippen LogP contribution in [0.15, 0.2) is 45.6 Å². The van der Waals surface area contributed by atoms with Gasteiger partial charge in [-0.2, -0.15) is 15.0 Å². The van der Waals surface area contributed by atoms with Crippen molar-refractivity contribution < 1.29 is 13.6 Å². The highest BCUT2D eigenvalue weighted by atomic mass is 16.5. The van der Waals surface area contributed by atoms with Gasteiger partial charge in [-0.25, -0.2) is 0 Å². The van der Waals surface area contributed by atoms with Gasteiger partial charge in [0.05, 0.1) is 31.7 Å². The van der Waals surface area contributed by atoms with Gasteiger partial charge < -0.3 is 24.2 Å². The van der Waals surface area contributed by atoms with Gasteiger partial charge in [0.1, 0.15) is 11.5 Å². The molecule has 3 rings (SSSR count). The zero-order chi connectivity index (χ0) is 17.5. The molecule has 0 aliphatic carbocycles. The number of hydrogen-bond acceptors (Lipinski definition) is 8. The third-order valence-corrected chi connectivity index (χ3v) is 3.50. The molecule has 3 heterocycles. The lowest BCUT2D eigenvalue weighted by atomic mass is 10.3. The van der Waals surface area contributed by atoms with E-state index in [-0.39, 0.29) is 12.1 Å². The van der Waals surface area contributed by atoms with Gasteiger partial charge in [-0.15, -0.1) is 0 Å².